The van der Waals surface area contributed by atoms with Crippen LogP contribution in [0.1, 0.15) is 19.8 Å². The van der Waals surface area contributed by atoms with E-state index in [1.54, 1.807) is 13.2 Å². The largest absolute Gasteiger partial charge is 0.479 e. The number of nitrogens with zero attached hydrogens (tertiary/aromatic N) is 1. The van der Waals surface area contributed by atoms with Crippen LogP contribution in [0.25, 0.3) is 0 Å². The summed E-state index contributed by atoms with van der Waals surface area (Å²) in [6, 6.07) is 3.68. The van der Waals surface area contributed by atoms with E-state index in [0.29, 0.717) is 11.6 Å². The molecule has 1 aliphatic rings. The van der Waals surface area contributed by atoms with Gasteiger partial charge in [0.05, 0.1) is 12.8 Å². The Labute approximate surface area is 108 Å². The van der Waals surface area contributed by atoms with E-state index in [1.807, 2.05) is 6.07 Å². The van der Waals surface area contributed by atoms with Crippen molar-refractivity contribution in [1.29, 1.82) is 0 Å². The second kappa shape index (κ2) is 5.44. The lowest BCUT2D eigenvalue weighted by molar-refractivity contribution is 0.0299. The molecule has 2 rings (SSSR count). The molecule has 100 valence electrons. The van der Waals surface area contributed by atoms with Crippen molar-refractivity contribution in [3.8, 4) is 5.88 Å². The van der Waals surface area contributed by atoms with Gasteiger partial charge >= 0.3 is 0 Å². The van der Waals surface area contributed by atoms with Crippen molar-refractivity contribution >= 4 is 11.5 Å². The molecule has 5 heteroatoms. The SMILES string of the molecule is COc1nc(NCC2(C)CCOCC2)ccc1N. The lowest BCUT2D eigenvalue weighted by Crippen LogP contribution is -2.33. The molecule has 0 saturated carbocycles. The molecule has 18 heavy (non-hydrogen) atoms. The van der Waals surface area contributed by atoms with Gasteiger partial charge in [-0.15, -0.1) is 0 Å². The van der Waals surface area contributed by atoms with Crippen LogP contribution in [-0.4, -0.2) is 31.9 Å². The van der Waals surface area contributed by atoms with E-state index in [0.717, 1.165) is 38.4 Å². The first-order chi connectivity index (χ1) is 8.63. The summed E-state index contributed by atoms with van der Waals surface area (Å²) >= 11 is 0. The topological polar surface area (TPSA) is 69.4 Å². The number of ether oxygens (including phenoxy) is 2. The number of nitrogen functional groups attached to an aromatic ring is 1. The van der Waals surface area contributed by atoms with E-state index in [2.05, 4.69) is 17.2 Å². The first-order valence-corrected chi connectivity index (χ1v) is 6.25. The quantitative estimate of drug-likeness (QED) is 0.855. The molecule has 1 fully saturated rings. The minimum absolute atomic E-state index is 0.272. The predicted molar refractivity (Wildman–Crippen MR) is 71.9 cm³/mol. The average Bonchev–Trinajstić information content (AvgIpc) is 2.39. The Kier molecular flexibility index (Phi) is 3.91. The van der Waals surface area contributed by atoms with Gasteiger partial charge in [0, 0.05) is 19.8 Å². The van der Waals surface area contributed by atoms with Gasteiger partial charge in [-0.2, -0.15) is 4.98 Å². The molecule has 0 spiro atoms. The fraction of sp³-hybridized carbons (Fsp3) is 0.615. The summed E-state index contributed by atoms with van der Waals surface area (Å²) < 4.78 is 10.5. The lowest BCUT2D eigenvalue weighted by Gasteiger charge is -2.33. The fourth-order valence-electron chi connectivity index (χ4n) is 2.06. The van der Waals surface area contributed by atoms with E-state index in [4.69, 9.17) is 15.2 Å². The van der Waals surface area contributed by atoms with Gasteiger partial charge in [0.2, 0.25) is 5.88 Å². The molecule has 1 aliphatic heterocycles. The molecule has 5 nitrogen and oxygen atoms in total. The Hall–Kier alpha value is -1.49. The zero-order valence-electron chi connectivity index (χ0n) is 11.0. The second-order valence-corrected chi connectivity index (χ2v) is 5.07. The van der Waals surface area contributed by atoms with Crippen LogP contribution in [0.15, 0.2) is 12.1 Å². The van der Waals surface area contributed by atoms with Gasteiger partial charge in [-0.25, -0.2) is 0 Å². The van der Waals surface area contributed by atoms with E-state index < -0.39 is 0 Å². The van der Waals surface area contributed by atoms with Crippen molar-refractivity contribution in [3.05, 3.63) is 12.1 Å². The van der Waals surface area contributed by atoms with Gasteiger partial charge in [-0.3, -0.25) is 0 Å². The molecule has 0 amide bonds. The minimum Gasteiger partial charge on any atom is -0.479 e. The smallest absolute Gasteiger partial charge is 0.238 e. The Bertz CT molecular complexity index is 403. The number of nitrogens with two attached hydrogens (primary N) is 1. The highest BCUT2D eigenvalue weighted by atomic mass is 16.5. The maximum atomic E-state index is 5.73. The molecule has 1 aromatic heterocycles. The maximum Gasteiger partial charge on any atom is 0.238 e. The summed E-state index contributed by atoms with van der Waals surface area (Å²) in [6.07, 6.45) is 2.15. The number of rotatable bonds is 4. The Morgan fingerprint density at radius 2 is 2.17 bits per heavy atom. The number of hydrogen-bond donors (Lipinski definition) is 2. The molecule has 2 heterocycles. The summed E-state index contributed by atoms with van der Waals surface area (Å²) in [5, 5.41) is 3.35. The van der Waals surface area contributed by atoms with Crippen LogP contribution >= 0.6 is 0 Å². The summed E-state index contributed by atoms with van der Waals surface area (Å²) in [6.45, 7) is 4.85. The lowest BCUT2D eigenvalue weighted by atomic mass is 9.82. The first-order valence-electron chi connectivity index (χ1n) is 6.25. The number of methoxy groups -OCH3 is 1. The minimum atomic E-state index is 0.272. The van der Waals surface area contributed by atoms with Gasteiger partial charge in [-0.1, -0.05) is 6.92 Å². The monoisotopic (exact) mass is 251 g/mol. The van der Waals surface area contributed by atoms with Crippen molar-refractivity contribution in [2.24, 2.45) is 5.41 Å². The summed E-state index contributed by atoms with van der Waals surface area (Å²) in [5.41, 5.74) is 6.56. The molecule has 0 atom stereocenters. The van der Waals surface area contributed by atoms with Gasteiger partial charge < -0.3 is 20.5 Å². The molecular weight excluding hydrogens is 230 g/mol. The van der Waals surface area contributed by atoms with Gasteiger partial charge in [0.25, 0.3) is 0 Å². The van der Waals surface area contributed by atoms with Crippen LogP contribution in [0.4, 0.5) is 11.5 Å². The zero-order valence-corrected chi connectivity index (χ0v) is 11.0. The van der Waals surface area contributed by atoms with Crippen LogP contribution < -0.4 is 15.8 Å². The highest BCUT2D eigenvalue weighted by Gasteiger charge is 2.27. The molecule has 0 aliphatic carbocycles. The number of hydrogen-bond acceptors (Lipinski definition) is 5. The van der Waals surface area contributed by atoms with E-state index >= 15 is 0 Å². The Morgan fingerprint density at radius 3 is 2.83 bits per heavy atom. The average molecular weight is 251 g/mol. The predicted octanol–water partition coefficient (Wildman–Crippen LogP) is 1.90. The summed E-state index contributed by atoms with van der Waals surface area (Å²) in [5.74, 6) is 1.27. The van der Waals surface area contributed by atoms with Gasteiger partial charge in [-0.05, 0) is 30.4 Å². The number of aromatic nitrogens is 1. The molecule has 1 aromatic rings. The van der Waals surface area contributed by atoms with Crippen molar-refractivity contribution in [1.82, 2.24) is 4.98 Å². The fourth-order valence-corrected chi connectivity index (χ4v) is 2.06. The zero-order chi connectivity index (χ0) is 13.0. The summed E-state index contributed by atoms with van der Waals surface area (Å²) in [4.78, 5) is 4.32. The van der Waals surface area contributed by atoms with Crippen LogP contribution in [0.3, 0.4) is 0 Å². The molecule has 0 aromatic carbocycles. The van der Waals surface area contributed by atoms with Crippen LogP contribution in [0.2, 0.25) is 0 Å². The third-order valence-corrected chi connectivity index (χ3v) is 3.48. The molecule has 3 N–H and O–H groups in total. The number of anilines is 2. The number of pyridine rings is 1. The Balaban J connectivity index is 1.97. The van der Waals surface area contributed by atoms with E-state index in [9.17, 15) is 0 Å². The second-order valence-electron chi connectivity index (χ2n) is 5.07. The van der Waals surface area contributed by atoms with Crippen molar-refractivity contribution in [2.45, 2.75) is 19.8 Å². The van der Waals surface area contributed by atoms with Crippen LogP contribution in [-0.2, 0) is 4.74 Å². The summed E-state index contributed by atoms with van der Waals surface area (Å²) in [7, 11) is 1.57. The molecule has 1 saturated heterocycles. The third kappa shape index (κ3) is 3.04. The van der Waals surface area contributed by atoms with Crippen molar-refractivity contribution in [2.75, 3.05) is 37.9 Å². The molecule has 0 unspecified atom stereocenters. The van der Waals surface area contributed by atoms with Crippen LogP contribution in [0, 0.1) is 5.41 Å². The van der Waals surface area contributed by atoms with E-state index in [1.165, 1.54) is 0 Å². The standard InChI is InChI=1S/C13H21N3O2/c1-13(5-7-18-8-6-13)9-15-11-4-3-10(14)12(16-11)17-2/h3-4H,5-9,14H2,1-2H3,(H,15,16). The highest BCUT2D eigenvalue weighted by Crippen LogP contribution is 2.30. The number of nitrogens with one attached hydrogen (secondary N) is 1. The van der Waals surface area contributed by atoms with Crippen molar-refractivity contribution in [3.63, 3.8) is 0 Å². The highest BCUT2D eigenvalue weighted by molar-refractivity contribution is 5.53. The third-order valence-electron chi connectivity index (χ3n) is 3.48. The van der Waals surface area contributed by atoms with Crippen LogP contribution in [0.5, 0.6) is 5.88 Å². The molecule has 0 bridgehead atoms. The molecule has 0 radical (unpaired) electrons. The normalized spacial score (nSPS) is 18.3. The Morgan fingerprint density at radius 1 is 1.44 bits per heavy atom. The van der Waals surface area contributed by atoms with Gasteiger partial charge in [0.15, 0.2) is 0 Å². The van der Waals surface area contributed by atoms with Crippen molar-refractivity contribution < 1.29 is 9.47 Å². The first kappa shape index (κ1) is 13.0. The van der Waals surface area contributed by atoms with E-state index in [-0.39, 0.29) is 5.41 Å². The molecular formula is C13H21N3O2. The maximum absolute atomic E-state index is 5.73. The van der Waals surface area contributed by atoms with Gasteiger partial charge in [0.1, 0.15) is 5.82 Å².